The minimum Gasteiger partial charge on any atom is -0.411 e. The minimum absolute atomic E-state index is 0.130. The quantitative estimate of drug-likeness (QED) is 0.435. The number of para-hydroxylation sites is 2. The van der Waals surface area contributed by atoms with Gasteiger partial charge in [-0.15, -0.1) is 0 Å². The third-order valence-electron chi connectivity index (χ3n) is 3.48. The molecule has 0 aliphatic heterocycles. The number of oxime groups is 1. The summed E-state index contributed by atoms with van der Waals surface area (Å²) >= 11 is 6.05. The zero-order chi connectivity index (χ0) is 16.2. The molecule has 0 aliphatic carbocycles. The van der Waals surface area contributed by atoms with Gasteiger partial charge in [0, 0.05) is 22.7 Å². The maximum Gasteiger partial charge on any atom is 0.244 e. The maximum atomic E-state index is 12.3. The number of carbonyl (C=O) groups is 1. The molecule has 0 aliphatic rings. The Balaban J connectivity index is 1.87. The van der Waals surface area contributed by atoms with Gasteiger partial charge in [-0.2, -0.15) is 0 Å². The molecule has 3 rings (SSSR count). The van der Waals surface area contributed by atoms with Crippen molar-refractivity contribution in [1.29, 1.82) is 0 Å². The summed E-state index contributed by atoms with van der Waals surface area (Å²) in [5, 5.41) is 16.0. The summed E-state index contributed by atoms with van der Waals surface area (Å²) in [5.74, 6) is -0.189. The molecule has 0 atom stereocenters. The van der Waals surface area contributed by atoms with Gasteiger partial charge in [-0.3, -0.25) is 4.79 Å². The van der Waals surface area contributed by atoms with Crippen LogP contribution in [-0.4, -0.2) is 21.9 Å². The number of fused-ring (bicyclic) bond motifs is 1. The molecule has 1 aromatic heterocycles. The Morgan fingerprint density at radius 3 is 2.74 bits per heavy atom. The van der Waals surface area contributed by atoms with Crippen molar-refractivity contribution in [2.75, 3.05) is 5.32 Å². The predicted octanol–water partition coefficient (Wildman–Crippen LogP) is 3.74. The average molecular weight is 328 g/mol. The van der Waals surface area contributed by atoms with E-state index in [2.05, 4.69) is 10.5 Å². The van der Waals surface area contributed by atoms with Crippen LogP contribution in [0.4, 0.5) is 5.69 Å². The van der Waals surface area contributed by atoms with Crippen molar-refractivity contribution >= 4 is 40.3 Å². The van der Waals surface area contributed by atoms with Crippen LogP contribution in [0, 0.1) is 0 Å². The zero-order valence-corrected chi connectivity index (χ0v) is 12.9. The second kappa shape index (κ2) is 6.54. The van der Waals surface area contributed by atoms with E-state index in [1.165, 1.54) is 6.21 Å². The highest BCUT2D eigenvalue weighted by atomic mass is 35.5. The van der Waals surface area contributed by atoms with E-state index in [4.69, 9.17) is 16.8 Å². The Kier molecular flexibility index (Phi) is 4.30. The van der Waals surface area contributed by atoms with Crippen LogP contribution >= 0.6 is 11.6 Å². The first-order valence-corrected chi connectivity index (χ1v) is 7.36. The number of nitrogens with one attached hydrogen (secondary N) is 1. The summed E-state index contributed by atoms with van der Waals surface area (Å²) in [5.41, 5.74) is 2.21. The molecular weight excluding hydrogens is 314 g/mol. The molecule has 23 heavy (non-hydrogen) atoms. The first kappa shape index (κ1) is 15.1. The van der Waals surface area contributed by atoms with Gasteiger partial charge in [0.05, 0.1) is 16.9 Å². The smallest absolute Gasteiger partial charge is 0.244 e. The minimum atomic E-state index is -0.189. The second-order valence-corrected chi connectivity index (χ2v) is 5.41. The molecule has 0 unspecified atom stereocenters. The Morgan fingerprint density at radius 2 is 1.96 bits per heavy atom. The molecule has 0 radical (unpaired) electrons. The number of hydrogen-bond donors (Lipinski definition) is 2. The molecule has 0 fully saturated rings. The predicted molar refractivity (Wildman–Crippen MR) is 91.4 cm³/mol. The molecule has 0 spiro atoms. The molecule has 116 valence electrons. The van der Waals surface area contributed by atoms with Crippen molar-refractivity contribution in [3.8, 4) is 0 Å². The van der Waals surface area contributed by atoms with Crippen molar-refractivity contribution in [2.24, 2.45) is 5.16 Å². The molecule has 0 saturated carbocycles. The van der Waals surface area contributed by atoms with Gasteiger partial charge in [0.25, 0.3) is 0 Å². The van der Waals surface area contributed by atoms with Gasteiger partial charge in [-0.05, 0) is 18.2 Å². The third-order valence-corrected chi connectivity index (χ3v) is 3.81. The van der Waals surface area contributed by atoms with Crippen LogP contribution < -0.4 is 5.32 Å². The van der Waals surface area contributed by atoms with Crippen molar-refractivity contribution in [3.05, 3.63) is 65.3 Å². The summed E-state index contributed by atoms with van der Waals surface area (Å²) in [4.78, 5) is 12.3. The topological polar surface area (TPSA) is 66.6 Å². The van der Waals surface area contributed by atoms with Crippen LogP contribution in [0.5, 0.6) is 0 Å². The van der Waals surface area contributed by atoms with E-state index >= 15 is 0 Å². The molecule has 2 N–H and O–H groups in total. The molecule has 1 amide bonds. The SMILES string of the molecule is O=C(Cn1cc(C=NO)c2ccccc21)Nc1ccccc1Cl. The van der Waals surface area contributed by atoms with Gasteiger partial charge >= 0.3 is 0 Å². The fraction of sp³-hybridized carbons (Fsp3) is 0.0588. The largest absolute Gasteiger partial charge is 0.411 e. The van der Waals surface area contributed by atoms with Crippen LogP contribution in [0.3, 0.4) is 0 Å². The fourth-order valence-electron chi connectivity index (χ4n) is 2.48. The third kappa shape index (κ3) is 3.19. The average Bonchev–Trinajstić information content (AvgIpc) is 2.88. The molecule has 0 saturated heterocycles. The number of halogens is 1. The first-order chi connectivity index (χ1) is 11.2. The van der Waals surface area contributed by atoms with E-state index in [1.807, 2.05) is 30.3 Å². The van der Waals surface area contributed by atoms with Crippen LogP contribution in [0.1, 0.15) is 5.56 Å². The number of nitrogens with zero attached hydrogens (tertiary/aromatic N) is 2. The number of aromatic nitrogens is 1. The van der Waals surface area contributed by atoms with E-state index in [-0.39, 0.29) is 12.5 Å². The normalized spacial score (nSPS) is 11.2. The monoisotopic (exact) mass is 327 g/mol. The van der Waals surface area contributed by atoms with Crippen LogP contribution in [0.15, 0.2) is 59.9 Å². The lowest BCUT2D eigenvalue weighted by molar-refractivity contribution is -0.116. The van der Waals surface area contributed by atoms with E-state index < -0.39 is 0 Å². The van der Waals surface area contributed by atoms with Gasteiger partial charge in [0.1, 0.15) is 6.54 Å². The standard InChI is InChI=1S/C17H14ClN3O2/c18-14-6-2-3-7-15(14)20-17(22)11-21-10-12(9-19-23)13-5-1-4-8-16(13)21/h1-10,23H,11H2,(H,20,22). The molecule has 0 bridgehead atoms. The van der Waals surface area contributed by atoms with Crippen molar-refractivity contribution < 1.29 is 10.0 Å². The summed E-state index contributed by atoms with van der Waals surface area (Å²) < 4.78 is 1.80. The molecule has 3 aromatic rings. The Morgan fingerprint density at radius 1 is 1.22 bits per heavy atom. The summed E-state index contributed by atoms with van der Waals surface area (Å²) in [6, 6.07) is 14.7. The van der Waals surface area contributed by atoms with Gasteiger partial charge in [0.15, 0.2) is 0 Å². The molecular formula is C17H14ClN3O2. The van der Waals surface area contributed by atoms with Gasteiger partial charge in [0.2, 0.25) is 5.91 Å². The van der Waals surface area contributed by atoms with Crippen molar-refractivity contribution in [1.82, 2.24) is 4.57 Å². The first-order valence-electron chi connectivity index (χ1n) is 6.98. The van der Waals surface area contributed by atoms with E-state index in [9.17, 15) is 4.79 Å². The number of anilines is 1. The van der Waals surface area contributed by atoms with Crippen LogP contribution in [0.2, 0.25) is 5.02 Å². The highest BCUT2D eigenvalue weighted by Crippen LogP contribution is 2.22. The Bertz CT molecular complexity index is 886. The zero-order valence-electron chi connectivity index (χ0n) is 12.1. The van der Waals surface area contributed by atoms with Crippen molar-refractivity contribution in [2.45, 2.75) is 6.54 Å². The number of benzene rings is 2. The number of carbonyl (C=O) groups excluding carboxylic acids is 1. The summed E-state index contributed by atoms with van der Waals surface area (Å²) in [6.45, 7) is 0.130. The van der Waals surface area contributed by atoms with Gasteiger partial charge in [-0.25, -0.2) is 0 Å². The van der Waals surface area contributed by atoms with Gasteiger partial charge in [-0.1, -0.05) is 47.1 Å². The van der Waals surface area contributed by atoms with Crippen LogP contribution in [-0.2, 0) is 11.3 Å². The summed E-state index contributed by atoms with van der Waals surface area (Å²) in [7, 11) is 0. The Hall–Kier alpha value is -2.79. The number of amides is 1. The van der Waals surface area contributed by atoms with E-state index in [0.717, 1.165) is 16.5 Å². The maximum absolute atomic E-state index is 12.3. The molecule has 5 nitrogen and oxygen atoms in total. The molecule has 6 heteroatoms. The lowest BCUT2D eigenvalue weighted by Crippen LogP contribution is -2.18. The lowest BCUT2D eigenvalue weighted by atomic mass is 10.2. The van der Waals surface area contributed by atoms with E-state index in [1.54, 1.807) is 29.0 Å². The number of hydrogen-bond acceptors (Lipinski definition) is 3. The van der Waals surface area contributed by atoms with Crippen molar-refractivity contribution in [3.63, 3.8) is 0 Å². The number of rotatable bonds is 4. The highest BCUT2D eigenvalue weighted by molar-refractivity contribution is 6.33. The highest BCUT2D eigenvalue weighted by Gasteiger charge is 2.11. The molecule has 1 heterocycles. The van der Waals surface area contributed by atoms with Crippen LogP contribution in [0.25, 0.3) is 10.9 Å². The second-order valence-electron chi connectivity index (χ2n) is 5.00. The lowest BCUT2D eigenvalue weighted by Gasteiger charge is -2.08. The van der Waals surface area contributed by atoms with Gasteiger partial charge < -0.3 is 15.1 Å². The van der Waals surface area contributed by atoms with E-state index in [0.29, 0.717) is 10.7 Å². The molecule has 2 aromatic carbocycles. The summed E-state index contributed by atoms with van der Waals surface area (Å²) in [6.07, 6.45) is 3.13. The Labute approximate surface area is 137 Å². The fourth-order valence-corrected chi connectivity index (χ4v) is 2.66.